The molecule has 0 aliphatic rings. The number of carbonyl (C=O) groups is 1. The van der Waals surface area contributed by atoms with Crippen LogP contribution in [0.5, 0.6) is 5.75 Å². The summed E-state index contributed by atoms with van der Waals surface area (Å²) in [5.41, 5.74) is 2.52. The first kappa shape index (κ1) is 25.7. The molecule has 0 aliphatic heterocycles. The summed E-state index contributed by atoms with van der Waals surface area (Å²) in [7, 11) is -0.675. The van der Waals surface area contributed by atoms with Crippen molar-refractivity contribution in [2.75, 3.05) is 18.5 Å². The Morgan fingerprint density at radius 1 is 1.06 bits per heavy atom. The van der Waals surface area contributed by atoms with Crippen LogP contribution in [0.2, 0.25) is 0 Å². The summed E-state index contributed by atoms with van der Waals surface area (Å²) >= 11 is 1.40. The van der Waals surface area contributed by atoms with Crippen LogP contribution in [0.15, 0.2) is 77.7 Å². The number of rotatable bonds is 9. The maximum Gasteiger partial charge on any atom is 0.264 e. The lowest BCUT2D eigenvalue weighted by atomic mass is 10.1. The highest BCUT2D eigenvalue weighted by molar-refractivity contribution is 7.92. The summed E-state index contributed by atoms with van der Waals surface area (Å²) in [4.78, 5) is 13.7. The number of sulfonamides is 1. The maximum absolute atomic E-state index is 13.2. The van der Waals surface area contributed by atoms with E-state index in [-0.39, 0.29) is 16.8 Å². The van der Waals surface area contributed by atoms with E-state index < -0.39 is 10.0 Å². The minimum absolute atomic E-state index is 0.0303. The van der Waals surface area contributed by atoms with Gasteiger partial charge in [0.15, 0.2) is 0 Å². The predicted octanol–water partition coefficient (Wildman–Crippen LogP) is 5.79. The minimum Gasteiger partial charge on any atom is -0.496 e. The molecule has 3 aromatic carbocycles. The van der Waals surface area contributed by atoms with E-state index in [1.165, 1.54) is 28.3 Å². The van der Waals surface area contributed by atoms with Gasteiger partial charge in [0.05, 0.1) is 22.6 Å². The molecule has 1 amide bonds. The molecule has 1 N–H and O–H groups in total. The van der Waals surface area contributed by atoms with E-state index in [0.29, 0.717) is 16.3 Å². The van der Waals surface area contributed by atoms with Gasteiger partial charge in [0.2, 0.25) is 0 Å². The third-order valence-corrected chi connectivity index (χ3v) is 9.09. The second-order valence-corrected chi connectivity index (χ2v) is 11.9. The largest absolute Gasteiger partial charge is 0.496 e. The van der Waals surface area contributed by atoms with Crippen LogP contribution in [0, 0.1) is 6.92 Å². The van der Waals surface area contributed by atoms with Gasteiger partial charge in [-0.25, -0.2) is 8.42 Å². The van der Waals surface area contributed by atoms with Crippen molar-refractivity contribution in [2.24, 2.45) is 0 Å². The van der Waals surface area contributed by atoms with Gasteiger partial charge in [-0.2, -0.15) is 0 Å². The normalized spacial score (nSPS) is 12.3. The Kier molecular flexibility index (Phi) is 7.66. The lowest BCUT2D eigenvalue weighted by Crippen LogP contribution is -2.32. The van der Waals surface area contributed by atoms with Gasteiger partial charge in [-0.15, -0.1) is 11.3 Å². The first-order valence-electron chi connectivity index (χ1n) is 11.7. The van der Waals surface area contributed by atoms with Gasteiger partial charge in [-0.1, -0.05) is 30.3 Å². The molecule has 6 nitrogen and oxygen atoms in total. The van der Waals surface area contributed by atoms with Crippen LogP contribution in [-0.4, -0.2) is 34.5 Å². The van der Waals surface area contributed by atoms with Crippen LogP contribution in [0.25, 0.3) is 10.1 Å². The number of ether oxygens (including phenoxy) is 1. The van der Waals surface area contributed by atoms with E-state index in [1.807, 2.05) is 44.2 Å². The number of hydrogen-bond acceptors (Lipinski definition) is 5. The van der Waals surface area contributed by atoms with E-state index in [0.717, 1.165) is 28.5 Å². The highest BCUT2D eigenvalue weighted by atomic mass is 32.2. The highest BCUT2D eigenvalue weighted by Crippen LogP contribution is 2.32. The molecule has 0 saturated carbocycles. The summed E-state index contributed by atoms with van der Waals surface area (Å²) in [6.45, 7) is 3.82. The average molecular weight is 523 g/mol. The summed E-state index contributed by atoms with van der Waals surface area (Å²) in [5, 5.41) is 3.91. The molecule has 0 bridgehead atoms. The number of hydrogen-bond donors (Lipinski definition) is 1. The number of carbonyl (C=O) groups excluding carboxylic acids is 1. The zero-order valence-corrected chi connectivity index (χ0v) is 22.4. The van der Waals surface area contributed by atoms with Crippen LogP contribution < -0.4 is 14.4 Å². The molecular formula is C28H30N2O4S2. The van der Waals surface area contributed by atoms with E-state index in [2.05, 4.69) is 17.4 Å². The standard InChI is InChI=1S/C28H30N2O4S2/c1-19-16-24(13-14-25(19)34-4)36(32,33)30(3)23-12-15-26-22(17-23)18-27(35-26)28(31)29-20(2)10-11-21-8-6-5-7-9-21/h5-9,12-18,20H,10-11H2,1-4H3,(H,29,31)/t20-/m0/s1. The predicted molar refractivity (Wildman–Crippen MR) is 147 cm³/mol. The number of aryl methyl sites for hydroxylation is 2. The Morgan fingerprint density at radius 2 is 1.81 bits per heavy atom. The number of methoxy groups -OCH3 is 1. The second-order valence-electron chi connectivity index (χ2n) is 8.84. The Balaban J connectivity index is 1.48. The van der Waals surface area contributed by atoms with Crippen LogP contribution in [0.1, 0.15) is 34.1 Å². The lowest BCUT2D eigenvalue weighted by molar-refractivity contribution is 0.0942. The average Bonchev–Trinajstić information content (AvgIpc) is 3.31. The first-order chi connectivity index (χ1) is 17.2. The van der Waals surface area contributed by atoms with Gasteiger partial charge in [0, 0.05) is 17.8 Å². The molecule has 0 unspecified atom stereocenters. The monoisotopic (exact) mass is 522 g/mol. The van der Waals surface area contributed by atoms with Gasteiger partial charge in [-0.3, -0.25) is 9.10 Å². The Morgan fingerprint density at radius 3 is 2.50 bits per heavy atom. The zero-order chi connectivity index (χ0) is 25.9. The molecule has 1 heterocycles. The van der Waals surface area contributed by atoms with Gasteiger partial charge in [-0.05, 0) is 85.7 Å². The van der Waals surface area contributed by atoms with Gasteiger partial charge < -0.3 is 10.1 Å². The molecule has 1 aromatic heterocycles. The Bertz CT molecular complexity index is 1480. The SMILES string of the molecule is COc1ccc(S(=O)(=O)N(C)c2ccc3sc(C(=O)N[C@@H](C)CCc4ccccc4)cc3c2)cc1C. The van der Waals surface area contributed by atoms with Crippen LogP contribution >= 0.6 is 11.3 Å². The molecule has 0 radical (unpaired) electrons. The highest BCUT2D eigenvalue weighted by Gasteiger charge is 2.23. The smallest absolute Gasteiger partial charge is 0.264 e. The molecule has 0 fully saturated rings. The summed E-state index contributed by atoms with van der Waals surface area (Å²) < 4.78 is 33.9. The second kappa shape index (κ2) is 10.7. The van der Waals surface area contributed by atoms with Crippen LogP contribution in [0.3, 0.4) is 0 Å². The number of amides is 1. The third kappa shape index (κ3) is 5.55. The van der Waals surface area contributed by atoms with Crippen molar-refractivity contribution in [1.82, 2.24) is 5.32 Å². The van der Waals surface area contributed by atoms with Gasteiger partial charge in [0.25, 0.3) is 15.9 Å². The number of fused-ring (bicyclic) bond motifs is 1. The number of nitrogens with one attached hydrogen (secondary N) is 1. The van der Waals surface area contributed by atoms with Crippen molar-refractivity contribution in [3.8, 4) is 5.75 Å². The number of nitrogens with zero attached hydrogens (tertiary/aromatic N) is 1. The van der Waals surface area contributed by atoms with E-state index in [9.17, 15) is 13.2 Å². The third-order valence-electron chi connectivity index (χ3n) is 6.20. The molecule has 0 saturated heterocycles. The minimum atomic E-state index is -3.76. The van der Waals surface area contributed by atoms with Crippen molar-refractivity contribution in [1.29, 1.82) is 0 Å². The quantitative estimate of drug-likeness (QED) is 0.302. The van der Waals surface area contributed by atoms with Crippen molar-refractivity contribution in [3.05, 3.63) is 88.8 Å². The van der Waals surface area contributed by atoms with E-state index >= 15 is 0 Å². The van der Waals surface area contributed by atoms with E-state index in [4.69, 9.17) is 4.74 Å². The molecule has 4 rings (SSSR count). The maximum atomic E-state index is 13.2. The number of benzene rings is 3. The fourth-order valence-corrected chi connectivity index (χ4v) is 6.26. The van der Waals surface area contributed by atoms with E-state index in [1.54, 1.807) is 37.4 Å². The van der Waals surface area contributed by atoms with Gasteiger partial charge >= 0.3 is 0 Å². The molecule has 4 aromatic rings. The summed E-state index contributed by atoms with van der Waals surface area (Å²) in [6, 6.07) is 22.3. The number of thiophene rings is 1. The Hall–Kier alpha value is -3.36. The first-order valence-corrected chi connectivity index (χ1v) is 14.0. The molecular weight excluding hydrogens is 492 g/mol. The van der Waals surface area contributed by atoms with Crippen LogP contribution in [0.4, 0.5) is 5.69 Å². The molecule has 36 heavy (non-hydrogen) atoms. The fourth-order valence-electron chi connectivity index (χ4n) is 4.04. The zero-order valence-electron chi connectivity index (χ0n) is 20.8. The molecule has 1 atom stereocenters. The van der Waals surface area contributed by atoms with Crippen molar-refractivity contribution in [3.63, 3.8) is 0 Å². The van der Waals surface area contributed by atoms with Crippen molar-refractivity contribution in [2.45, 2.75) is 37.6 Å². The van der Waals surface area contributed by atoms with Gasteiger partial charge in [0.1, 0.15) is 5.75 Å². The number of anilines is 1. The lowest BCUT2D eigenvalue weighted by Gasteiger charge is -2.20. The fraction of sp³-hybridized carbons (Fsp3) is 0.250. The molecule has 188 valence electrons. The Labute approximate surface area is 216 Å². The van der Waals surface area contributed by atoms with Crippen LogP contribution in [-0.2, 0) is 16.4 Å². The van der Waals surface area contributed by atoms with Crippen molar-refractivity contribution >= 4 is 43.0 Å². The molecule has 8 heteroatoms. The molecule has 0 spiro atoms. The van der Waals surface area contributed by atoms with Crippen molar-refractivity contribution < 1.29 is 17.9 Å². The summed E-state index contributed by atoms with van der Waals surface area (Å²) in [6.07, 6.45) is 1.74. The topological polar surface area (TPSA) is 75.7 Å². The summed E-state index contributed by atoms with van der Waals surface area (Å²) in [5.74, 6) is 0.518. The molecule has 0 aliphatic carbocycles.